The van der Waals surface area contributed by atoms with Crippen molar-refractivity contribution in [2.45, 2.75) is 20.0 Å². The summed E-state index contributed by atoms with van der Waals surface area (Å²) in [5, 5.41) is 9.72. The third kappa shape index (κ3) is 3.22. The van der Waals surface area contributed by atoms with Gasteiger partial charge in [0, 0.05) is 31.5 Å². The Bertz CT molecular complexity index is 313. The van der Waals surface area contributed by atoms with Crippen LogP contribution in [0.2, 0.25) is 0 Å². The molecule has 3 heteroatoms. The van der Waals surface area contributed by atoms with Crippen molar-refractivity contribution in [3.8, 4) is 0 Å². The van der Waals surface area contributed by atoms with Gasteiger partial charge in [-0.3, -0.25) is 0 Å². The van der Waals surface area contributed by atoms with Gasteiger partial charge in [-0.15, -0.1) is 0 Å². The van der Waals surface area contributed by atoms with Gasteiger partial charge in [-0.2, -0.15) is 0 Å². The molecule has 3 nitrogen and oxygen atoms in total. The van der Waals surface area contributed by atoms with Crippen LogP contribution < -0.4 is 4.90 Å². The van der Waals surface area contributed by atoms with Gasteiger partial charge in [-0.25, -0.2) is 0 Å². The Labute approximate surface area is 97.7 Å². The van der Waals surface area contributed by atoms with Gasteiger partial charge in [-0.05, 0) is 19.9 Å². The van der Waals surface area contributed by atoms with Gasteiger partial charge in [0.05, 0.1) is 12.7 Å². The molecular weight excluding hydrogens is 202 g/mol. The maximum absolute atomic E-state index is 9.72. The number of rotatable bonds is 6. The van der Waals surface area contributed by atoms with Crippen molar-refractivity contribution in [3.05, 3.63) is 29.8 Å². The fraction of sp³-hybridized carbons (Fsp3) is 0.538. The van der Waals surface area contributed by atoms with Gasteiger partial charge in [-0.1, -0.05) is 18.2 Å². The number of aliphatic hydroxyl groups is 1. The van der Waals surface area contributed by atoms with E-state index in [1.165, 1.54) is 0 Å². The van der Waals surface area contributed by atoms with E-state index in [9.17, 15) is 5.11 Å². The summed E-state index contributed by atoms with van der Waals surface area (Å²) in [6, 6.07) is 7.96. The molecule has 0 aliphatic carbocycles. The molecule has 1 atom stereocenters. The summed E-state index contributed by atoms with van der Waals surface area (Å²) in [5.41, 5.74) is 2.07. The van der Waals surface area contributed by atoms with Gasteiger partial charge >= 0.3 is 0 Å². The number of hydrogen-bond acceptors (Lipinski definition) is 3. The molecule has 0 saturated heterocycles. The molecule has 1 rings (SSSR count). The number of hydrogen-bond donors (Lipinski definition) is 1. The molecule has 0 aliphatic heterocycles. The highest BCUT2D eigenvalue weighted by molar-refractivity contribution is 5.54. The average Bonchev–Trinajstić information content (AvgIpc) is 2.30. The predicted octanol–water partition coefficient (Wildman–Crippen LogP) is 2.21. The Morgan fingerprint density at radius 1 is 1.38 bits per heavy atom. The lowest BCUT2D eigenvalue weighted by Gasteiger charge is -2.26. The highest BCUT2D eigenvalue weighted by Gasteiger charge is 2.12. The molecule has 0 aliphatic rings. The van der Waals surface area contributed by atoms with E-state index in [2.05, 4.69) is 11.8 Å². The summed E-state index contributed by atoms with van der Waals surface area (Å²) in [7, 11) is 1.70. The molecule has 16 heavy (non-hydrogen) atoms. The van der Waals surface area contributed by atoms with Crippen LogP contribution in [-0.2, 0) is 4.74 Å². The van der Waals surface area contributed by atoms with Gasteiger partial charge in [0.15, 0.2) is 0 Å². The van der Waals surface area contributed by atoms with Gasteiger partial charge in [0.1, 0.15) is 0 Å². The maximum Gasteiger partial charge on any atom is 0.0781 e. The number of methoxy groups -OCH3 is 1. The van der Waals surface area contributed by atoms with E-state index >= 15 is 0 Å². The Hall–Kier alpha value is -1.06. The lowest BCUT2D eigenvalue weighted by molar-refractivity contribution is 0.197. The van der Waals surface area contributed by atoms with Crippen LogP contribution in [0.5, 0.6) is 0 Å². The lowest BCUT2D eigenvalue weighted by Crippen LogP contribution is -2.28. The van der Waals surface area contributed by atoms with Crippen LogP contribution in [0.3, 0.4) is 0 Å². The fourth-order valence-electron chi connectivity index (χ4n) is 1.78. The molecule has 1 aromatic rings. The molecule has 1 aromatic carbocycles. The highest BCUT2D eigenvalue weighted by atomic mass is 16.5. The van der Waals surface area contributed by atoms with E-state index < -0.39 is 6.10 Å². The monoisotopic (exact) mass is 223 g/mol. The molecule has 0 spiro atoms. The van der Waals surface area contributed by atoms with Crippen molar-refractivity contribution in [2.75, 3.05) is 31.7 Å². The first kappa shape index (κ1) is 13.0. The topological polar surface area (TPSA) is 32.7 Å². The van der Waals surface area contributed by atoms with Crippen molar-refractivity contribution in [3.63, 3.8) is 0 Å². The maximum atomic E-state index is 9.72. The number of para-hydroxylation sites is 1. The molecule has 90 valence electrons. The Balaban J connectivity index is 2.90. The summed E-state index contributed by atoms with van der Waals surface area (Å²) < 4.78 is 5.09. The van der Waals surface area contributed by atoms with E-state index in [1.807, 2.05) is 24.3 Å². The van der Waals surface area contributed by atoms with Crippen molar-refractivity contribution in [1.29, 1.82) is 0 Å². The highest BCUT2D eigenvalue weighted by Crippen LogP contribution is 2.25. The zero-order chi connectivity index (χ0) is 12.0. The number of nitrogens with zero attached hydrogens (tertiary/aromatic N) is 1. The minimum Gasteiger partial charge on any atom is -0.389 e. The van der Waals surface area contributed by atoms with Gasteiger partial charge < -0.3 is 14.7 Å². The molecule has 1 N–H and O–H groups in total. The second-order valence-corrected chi connectivity index (χ2v) is 3.81. The molecule has 1 unspecified atom stereocenters. The predicted molar refractivity (Wildman–Crippen MR) is 66.8 cm³/mol. The van der Waals surface area contributed by atoms with Crippen LogP contribution in [0.1, 0.15) is 25.5 Å². The average molecular weight is 223 g/mol. The first-order valence-corrected chi connectivity index (χ1v) is 5.71. The Kier molecular flexibility index (Phi) is 5.29. The van der Waals surface area contributed by atoms with Crippen molar-refractivity contribution in [1.82, 2.24) is 0 Å². The largest absolute Gasteiger partial charge is 0.389 e. The smallest absolute Gasteiger partial charge is 0.0781 e. The molecule has 0 bridgehead atoms. The number of aliphatic hydroxyl groups excluding tert-OH is 1. The lowest BCUT2D eigenvalue weighted by atomic mass is 10.1. The van der Waals surface area contributed by atoms with Crippen LogP contribution in [0.25, 0.3) is 0 Å². The molecule has 0 fully saturated rings. The third-order valence-corrected chi connectivity index (χ3v) is 2.67. The molecular formula is C13H21NO2. The van der Waals surface area contributed by atoms with E-state index in [1.54, 1.807) is 14.0 Å². The van der Waals surface area contributed by atoms with Crippen molar-refractivity contribution in [2.24, 2.45) is 0 Å². The SMILES string of the molecule is CCN(CCOC)c1ccccc1C(C)O. The zero-order valence-corrected chi connectivity index (χ0v) is 10.3. The molecule has 0 aromatic heterocycles. The van der Waals surface area contributed by atoms with Crippen molar-refractivity contribution < 1.29 is 9.84 Å². The molecule has 0 saturated carbocycles. The van der Waals surface area contributed by atoms with Crippen molar-refractivity contribution >= 4 is 5.69 Å². The van der Waals surface area contributed by atoms with Crippen LogP contribution >= 0.6 is 0 Å². The summed E-state index contributed by atoms with van der Waals surface area (Å²) >= 11 is 0. The second kappa shape index (κ2) is 6.51. The van der Waals surface area contributed by atoms with E-state index in [-0.39, 0.29) is 0 Å². The third-order valence-electron chi connectivity index (χ3n) is 2.67. The second-order valence-electron chi connectivity index (χ2n) is 3.81. The molecule has 0 radical (unpaired) electrons. The zero-order valence-electron chi connectivity index (χ0n) is 10.3. The summed E-state index contributed by atoms with van der Waals surface area (Å²) in [6.07, 6.45) is -0.437. The minimum absolute atomic E-state index is 0.437. The fourth-order valence-corrected chi connectivity index (χ4v) is 1.78. The van der Waals surface area contributed by atoms with E-state index in [0.29, 0.717) is 6.61 Å². The summed E-state index contributed by atoms with van der Waals surface area (Å²) in [5.74, 6) is 0. The quantitative estimate of drug-likeness (QED) is 0.802. The normalized spacial score (nSPS) is 12.5. The number of ether oxygens (including phenoxy) is 1. The molecule has 0 amide bonds. The number of anilines is 1. The van der Waals surface area contributed by atoms with E-state index in [0.717, 1.165) is 24.3 Å². The number of likely N-dealkylation sites (N-methyl/N-ethyl adjacent to an activating group) is 1. The first-order valence-electron chi connectivity index (χ1n) is 5.71. The van der Waals surface area contributed by atoms with Gasteiger partial charge in [0.25, 0.3) is 0 Å². The number of benzene rings is 1. The standard InChI is InChI=1S/C13H21NO2/c1-4-14(9-10-16-3)13-8-6-5-7-12(13)11(2)15/h5-8,11,15H,4,9-10H2,1-3H3. The van der Waals surface area contributed by atoms with Crippen LogP contribution in [0.4, 0.5) is 5.69 Å². The Morgan fingerprint density at radius 2 is 2.06 bits per heavy atom. The molecule has 0 heterocycles. The van der Waals surface area contributed by atoms with Crippen LogP contribution in [-0.4, -0.2) is 31.9 Å². The summed E-state index contributed by atoms with van der Waals surface area (Å²) in [4.78, 5) is 2.21. The first-order chi connectivity index (χ1) is 7.70. The van der Waals surface area contributed by atoms with Crippen LogP contribution in [0, 0.1) is 0 Å². The summed E-state index contributed by atoms with van der Waals surface area (Å²) in [6.45, 7) is 6.35. The Morgan fingerprint density at radius 3 is 2.62 bits per heavy atom. The van der Waals surface area contributed by atoms with E-state index in [4.69, 9.17) is 4.74 Å². The van der Waals surface area contributed by atoms with Gasteiger partial charge in [0.2, 0.25) is 0 Å². The minimum atomic E-state index is -0.437. The van der Waals surface area contributed by atoms with Crippen LogP contribution in [0.15, 0.2) is 24.3 Å².